The molecular formula is C27H33N9S3. The molecule has 9 nitrogen and oxygen atoms in total. The smallest absolute Gasteiger partial charge is 0.252 e. The van der Waals surface area contributed by atoms with Crippen LogP contribution in [0.2, 0.25) is 0 Å². The van der Waals surface area contributed by atoms with Crippen LogP contribution < -0.4 is 26.2 Å². The normalized spacial score (nSPS) is 13.3. The fraction of sp³-hybridized carbons (Fsp3) is 0.333. The van der Waals surface area contributed by atoms with Crippen LogP contribution in [0.3, 0.4) is 0 Å². The number of nitrogens with zero attached hydrogens (tertiary/aromatic N) is 6. The number of hydrogen-bond donors (Lipinski definition) is 3. The monoisotopic (exact) mass is 579 g/mol. The van der Waals surface area contributed by atoms with Crippen LogP contribution in [0.4, 0.5) is 37.9 Å². The van der Waals surface area contributed by atoms with Crippen molar-refractivity contribution in [1.29, 1.82) is 0 Å². The lowest BCUT2D eigenvalue weighted by molar-refractivity contribution is 0.949. The standard InChI is InChI=1S/C27H33N9S3/c1-5-37-27-33-32-26(39-27)31-29-22-10-8-21(16-18(22)2)34-35(4)23-11-9-20(17-19(23)3)28-30-24-12-13-25(38-24)36-14-6-7-15-36/h8-13,16-17,28,30,34H,5-7,14-15H2,1-4H3. The van der Waals surface area contributed by atoms with E-state index in [1.165, 1.54) is 29.2 Å². The van der Waals surface area contributed by atoms with Crippen LogP contribution in [0.5, 0.6) is 0 Å². The van der Waals surface area contributed by atoms with Crippen molar-refractivity contribution >= 4 is 72.3 Å². The van der Waals surface area contributed by atoms with Gasteiger partial charge in [0.25, 0.3) is 5.13 Å². The first kappa shape index (κ1) is 27.2. The molecule has 4 aromatic rings. The van der Waals surface area contributed by atoms with Gasteiger partial charge in [-0.3, -0.25) is 15.9 Å². The highest BCUT2D eigenvalue weighted by Gasteiger charge is 2.14. The van der Waals surface area contributed by atoms with E-state index in [2.05, 4.69) is 91.8 Å². The van der Waals surface area contributed by atoms with Gasteiger partial charge < -0.3 is 10.3 Å². The largest absolute Gasteiger partial charge is 0.363 e. The maximum atomic E-state index is 4.38. The van der Waals surface area contributed by atoms with Gasteiger partial charge in [-0.05, 0) is 92.1 Å². The van der Waals surface area contributed by atoms with Crippen molar-refractivity contribution in [2.45, 2.75) is 38.0 Å². The number of hydrogen-bond acceptors (Lipinski definition) is 12. The minimum atomic E-state index is 0.568. The van der Waals surface area contributed by atoms with Gasteiger partial charge in [0.05, 0.1) is 27.8 Å². The zero-order valence-corrected chi connectivity index (χ0v) is 25.0. The predicted octanol–water partition coefficient (Wildman–Crippen LogP) is 8.25. The number of rotatable bonds is 11. The third kappa shape index (κ3) is 7.00. The Hall–Kier alpha value is -3.35. The Balaban J connectivity index is 1.17. The van der Waals surface area contributed by atoms with Crippen molar-refractivity contribution in [1.82, 2.24) is 10.2 Å². The lowest BCUT2D eigenvalue weighted by Crippen LogP contribution is -2.25. The Bertz CT molecular complexity index is 1430. The van der Waals surface area contributed by atoms with Gasteiger partial charge >= 0.3 is 0 Å². The second kappa shape index (κ2) is 12.7. The molecule has 0 radical (unpaired) electrons. The van der Waals surface area contributed by atoms with Gasteiger partial charge in [-0.2, -0.15) is 0 Å². The minimum absolute atomic E-state index is 0.568. The molecular weight excluding hydrogens is 547 g/mol. The van der Waals surface area contributed by atoms with Crippen LogP contribution in [-0.4, -0.2) is 36.1 Å². The Morgan fingerprint density at radius 3 is 2.49 bits per heavy atom. The highest BCUT2D eigenvalue weighted by molar-refractivity contribution is 8.01. The van der Waals surface area contributed by atoms with E-state index in [0.717, 1.165) is 62.1 Å². The number of hydrazine groups is 2. The number of thioether (sulfide) groups is 1. The predicted molar refractivity (Wildman–Crippen MR) is 168 cm³/mol. The average molecular weight is 580 g/mol. The van der Waals surface area contributed by atoms with E-state index in [-0.39, 0.29) is 0 Å². The van der Waals surface area contributed by atoms with Gasteiger partial charge in [-0.25, -0.2) is 0 Å². The number of nitrogens with one attached hydrogen (secondary N) is 3. The van der Waals surface area contributed by atoms with E-state index in [1.807, 2.05) is 31.1 Å². The molecule has 2 aromatic carbocycles. The van der Waals surface area contributed by atoms with Crippen molar-refractivity contribution < 1.29 is 0 Å². The summed E-state index contributed by atoms with van der Waals surface area (Å²) in [6.45, 7) is 8.55. The summed E-state index contributed by atoms with van der Waals surface area (Å²) in [5.74, 6) is 0.959. The number of aryl methyl sites for hydroxylation is 2. The fourth-order valence-corrected chi connectivity index (χ4v) is 6.83. The molecule has 39 heavy (non-hydrogen) atoms. The van der Waals surface area contributed by atoms with Crippen molar-refractivity contribution in [3.63, 3.8) is 0 Å². The summed E-state index contributed by atoms with van der Waals surface area (Å²) in [5, 5.41) is 21.9. The Kier molecular flexibility index (Phi) is 8.84. The van der Waals surface area contributed by atoms with Crippen LogP contribution in [0.1, 0.15) is 30.9 Å². The number of aromatic nitrogens is 2. The quantitative estimate of drug-likeness (QED) is 0.0929. The first-order valence-electron chi connectivity index (χ1n) is 12.9. The van der Waals surface area contributed by atoms with Crippen molar-refractivity contribution in [2.24, 2.45) is 10.2 Å². The maximum absolute atomic E-state index is 4.38. The summed E-state index contributed by atoms with van der Waals surface area (Å²) in [7, 11) is 2.02. The molecule has 1 saturated heterocycles. The van der Waals surface area contributed by atoms with Crippen LogP contribution in [-0.2, 0) is 0 Å². The number of thiophene rings is 1. The van der Waals surface area contributed by atoms with Crippen molar-refractivity contribution in [3.8, 4) is 0 Å². The number of benzene rings is 2. The molecule has 0 unspecified atom stereocenters. The Labute approximate surface area is 241 Å². The second-order valence-corrected chi connectivity index (χ2v) is 12.8. The Morgan fingerprint density at radius 2 is 1.72 bits per heavy atom. The molecule has 0 aliphatic carbocycles. The molecule has 1 aliphatic heterocycles. The molecule has 3 N–H and O–H groups in total. The molecule has 0 bridgehead atoms. The highest BCUT2D eigenvalue weighted by Crippen LogP contribution is 2.33. The van der Waals surface area contributed by atoms with Crippen molar-refractivity contribution in [2.75, 3.05) is 52.1 Å². The zero-order valence-electron chi connectivity index (χ0n) is 22.6. The van der Waals surface area contributed by atoms with Gasteiger partial charge in [-0.15, -0.1) is 20.4 Å². The SMILES string of the molecule is CCSc1nnc(N=Nc2ccc(NN(C)c3ccc(NNc4ccc(N5CCCC5)s4)cc3C)cc2C)s1. The third-order valence-electron chi connectivity index (χ3n) is 6.30. The van der Waals surface area contributed by atoms with Crippen LogP contribution in [0.25, 0.3) is 0 Å². The van der Waals surface area contributed by atoms with E-state index in [9.17, 15) is 0 Å². The molecule has 0 atom stereocenters. The Morgan fingerprint density at radius 1 is 0.923 bits per heavy atom. The van der Waals surface area contributed by atoms with E-state index in [4.69, 9.17) is 0 Å². The summed E-state index contributed by atoms with van der Waals surface area (Å²) in [6.07, 6.45) is 2.58. The number of anilines is 5. The summed E-state index contributed by atoms with van der Waals surface area (Å²) < 4.78 is 0.912. The zero-order chi connectivity index (χ0) is 27.2. The summed E-state index contributed by atoms with van der Waals surface area (Å²) in [5.41, 5.74) is 16.2. The molecule has 1 aliphatic rings. The van der Waals surface area contributed by atoms with Gasteiger partial charge in [-0.1, -0.05) is 41.4 Å². The topological polar surface area (TPSA) is 93.1 Å². The molecule has 0 amide bonds. The summed E-state index contributed by atoms with van der Waals surface area (Å²) in [6, 6.07) is 16.7. The third-order valence-corrected chi connectivity index (χ3v) is 9.18. The molecule has 2 aromatic heterocycles. The van der Waals surface area contributed by atoms with Gasteiger partial charge in [0.15, 0.2) is 4.34 Å². The molecule has 204 valence electrons. The second-order valence-electron chi connectivity index (χ2n) is 9.24. The summed E-state index contributed by atoms with van der Waals surface area (Å²) >= 11 is 4.89. The van der Waals surface area contributed by atoms with Crippen LogP contribution >= 0.6 is 34.4 Å². The molecule has 1 fully saturated rings. The molecule has 3 heterocycles. The van der Waals surface area contributed by atoms with E-state index < -0.39 is 0 Å². The highest BCUT2D eigenvalue weighted by atomic mass is 32.2. The van der Waals surface area contributed by atoms with Gasteiger partial charge in [0.1, 0.15) is 5.00 Å². The van der Waals surface area contributed by atoms with E-state index in [0.29, 0.717) is 5.13 Å². The first-order chi connectivity index (χ1) is 19.0. The summed E-state index contributed by atoms with van der Waals surface area (Å²) in [4.78, 5) is 2.46. The average Bonchev–Trinajstić information content (AvgIpc) is 3.69. The maximum Gasteiger partial charge on any atom is 0.252 e. The molecule has 0 saturated carbocycles. The minimum Gasteiger partial charge on any atom is -0.363 e. The van der Waals surface area contributed by atoms with E-state index in [1.54, 1.807) is 23.1 Å². The van der Waals surface area contributed by atoms with Crippen LogP contribution in [0, 0.1) is 13.8 Å². The first-order valence-corrected chi connectivity index (χ1v) is 15.6. The van der Waals surface area contributed by atoms with E-state index >= 15 is 0 Å². The number of azo groups is 1. The molecule has 5 rings (SSSR count). The molecule has 0 spiro atoms. The van der Waals surface area contributed by atoms with Gasteiger partial charge in [0, 0.05) is 20.1 Å². The lowest BCUT2D eigenvalue weighted by Gasteiger charge is -2.24. The van der Waals surface area contributed by atoms with Crippen molar-refractivity contribution in [3.05, 3.63) is 59.7 Å². The fourth-order valence-electron chi connectivity index (χ4n) is 4.36. The van der Waals surface area contributed by atoms with Gasteiger partial charge in [0.2, 0.25) is 0 Å². The lowest BCUT2D eigenvalue weighted by atomic mass is 10.1. The molecule has 12 heteroatoms. The van der Waals surface area contributed by atoms with Crippen LogP contribution in [0.15, 0.2) is 63.1 Å².